The van der Waals surface area contributed by atoms with Gasteiger partial charge in [-0.15, -0.1) is 6.58 Å². The number of likely N-dealkylation sites (N-methyl/N-ethyl adjacent to an activating group) is 1. The van der Waals surface area contributed by atoms with Crippen molar-refractivity contribution in [3.05, 3.63) is 60.7 Å². The molecule has 1 aliphatic heterocycles. The number of benzene rings is 2. The second kappa shape index (κ2) is 12.9. The molecule has 0 bridgehead atoms. The number of fused-ring (bicyclic) bond motifs is 1. The molecule has 0 aliphatic carbocycles. The summed E-state index contributed by atoms with van der Waals surface area (Å²) in [5, 5.41) is 0. The zero-order valence-electron chi connectivity index (χ0n) is 19.9. The van der Waals surface area contributed by atoms with Gasteiger partial charge >= 0.3 is 6.09 Å². The normalized spacial score (nSPS) is 12.9. The highest BCUT2D eigenvalue weighted by Gasteiger charge is 2.24. The molecule has 0 fully saturated rings. The van der Waals surface area contributed by atoms with Crippen LogP contribution in [0.2, 0.25) is 0 Å². The number of methoxy groups -OCH3 is 1. The van der Waals surface area contributed by atoms with Gasteiger partial charge in [0.15, 0.2) is 0 Å². The quantitative estimate of drug-likeness (QED) is 0.305. The van der Waals surface area contributed by atoms with Crippen LogP contribution in [0.4, 0.5) is 10.5 Å². The molecule has 6 nitrogen and oxygen atoms in total. The fourth-order valence-electron chi connectivity index (χ4n) is 3.99. The van der Waals surface area contributed by atoms with Gasteiger partial charge in [-0.3, -0.25) is 4.90 Å². The van der Waals surface area contributed by atoms with E-state index in [-0.39, 0.29) is 6.09 Å². The number of carbonyl (C=O) groups is 1. The van der Waals surface area contributed by atoms with E-state index in [9.17, 15) is 4.79 Å². The van der Waals surface area contributed by atoms with E-state index in [2.05, 4.69) is 24.6 Å². The maximum atomic E-state index is 12.8. The molecule has 2 aromatic carbocycles. The van der Waals surface area contributed by atoms with Crippen molar-refractivity contribution in [2.24, 2.45) is 0 Å². The van der Waals surface area contributed by atoms with Crippen LogP contribution in [0.3, 0.4) is 0 Å². The molecule has 0 N–H and O–H groups in total. The summed E-state index contributed by atoms with van der Waals surface area (Å²) in [4.78, 5) is 16.8. The van der Waals surface area contributed by atoms with Crippen LogP contribution in [-0.4, -0.2) is 51.4 Å². The highest BCUT2D eigenvalue weighted by molar-refractivity contribution is 5.90. The Morgan fingerprint density at radius 2 is 1.79 bits per heavy atom. The Labute approximate surface area is 197 Å². The van der Waals surface area contributed by atoms with Crippen LogP contribution in [0, 0.1) is 0 Å². The summed E-state index contributed by atoms with van der Waals surface area (Å²) in [6.07, 6.45) is 8.02. The predicted octanol–water partition coefficient (Wildman–Crippen LogP) is 5.70. The summed E-state index contributed by atoms with van der Waals surface area (Å²) >= 11 is 0. The Kier molecular flexibility index (Phi) is 9.63. The van der Waals surface area contributed by atoms with E-state index in [1.807, 2.05) is 18.2 Å². The molecular formula is C27H36N2O4. The molecule has 2 aromatic rings. The SMILES string of the molecule is C=CCN(C)CCCCCCOc1ccc2c(c1)CCCN2C(=O)Oc1ccc(OC)cc1. The third kappa shape index (κ3) is 7.53. The average molecular weight is 453 g/mol. The maximum Gasteiger partial charge on any atom is 0.419 e. The lowest BCUT2D eigenvalue weighted by Gasteiger charge is -2.29. The lowest BCUT2D eigenvalue weighted by molar-refractivity contribution is 0.207. The van der Waals surface area contributed by atoms with Crippen LogP contribution in [0.1, 0.15) is 37.7 Å². The number of nitrogens with zero attached hydrogens (tertiary/aromatic N) is 2. The average Bonchev–Trinajstić information content (AvgIpc) is 2.83. The fraction of sp³-hybridized carbons (Fsp3) is 0.444. The Balaban J connectivity index is 1.46. The van der Waals surface area contributed by atoms with Gasteiger partial charge in [0.05, 0.1) is 19.4 Å². The summed E-state index contributed by atoms with van der Waals surface area (Å²) in [5.41, 5.74) is 2.02. The first kappa shape index (κ1) is 24.6. The minimum absolute atomic E-state index is 0.367. The van der Waals surface area contributed by atoms with Crippen LogP contribution in [0.5, 0.6) is 17.2 Å². The topological polar surface area (TPSA) is 51.2 Å². The van der Waals surface area contributed by atoms with Crippen molar-refractivity contribution >= 4 is 11.8 Å². The Bertz CT molecular complexity index is 897. The number of ether oxygens (including phenoxy) is 3. The first-order chi connectivity index (χ1) is 16.1. The van der Waals surface area contributed by atoms with Gasteiger partial charge in [-0.1, -0.05) is 18.9 Å². The molecule has 1 heterocycles. The molecular weight excluding hydrogens is 416 g/mol. The second-order valence-corrected chi connectivity index (χ2v) is 8.40. The van der Waals surface area contributed by atoms with Crippen molar-refractivity contribution in [2.45, 2.75) is 38.5 Å². The standard InChI is InChI=1S/C27H36N2O4/c1-4-17-28(2)18-7-5-6-8-20-32-25-15-16-26-22(21-25)10-9-19-29(26)27(30)33-24-13-11-23(31-3)12-14-24/h4,11-16,21H,1,5-10,17-20H2,2-3H3. The Morgan fingerprint density at radius 1 is 1.06 bits per heavy atom. The molecule has 0 aromatic heterocycles. The van der Waals surface area contributed by atoms with Crippen molar-refractivity contribution in [1.29, 1.82) is 0 Å². The van der Waals surface area contributed by atoms with Gasteiger partial charge in [0.25, 0.3) is 0 Å². The molecule has 0 spiro atoms. The van der Waals surface area contributed by atoms with Gasteiger partial charge in [-0.25, -0.2) is 4.79 Å². The first-order valence-electron chi connectivity index (χ1n) is 11.8. The van der Waals surface area contributed by atoms with Gasteiger partial charge in [0.2, 0.25) is 0 Å². The second-order valence-electron chi connectivity index (χ2n) is 8.40. The molecule has 1 amide bonds. The van der Waals surface area contributed by atoms with E-state index in [1.165, 1.54) is 12.8 Å². The molecule has 3 rings (SSSR count). The summed E-state index contributed by atoms with van der Waals surface area (Å²) in [7, 11) is 3.73. The number of hydrogen-bond acceptors (Lipinski definition) is 5. The van der Waals surface area contributed by atoms with E-state index in [0.29, 0.717) is 18.9 Å². The van der Waals surface area contributed by atoms with E-state index < -0.39 is 0 Å². The van der Waals surface area contributed by atoms with Gasteiger partial charge in [-0.2, -0.15) is 0 Å². The third-order valence-electron chi connectivity index (χ3n) is 5.80. The predicted molar refractivity (Wildman–Crippen MR) is 133 cm³/mol. The van der Waals surface area contributed by atoms with E-state index in [0.717, 1.165) is 61.5 Å². The number of rotatable bonds is 12. The van der Waals surface area contributed by atoms with Gasteiger partial charge in [0.1, 0.15) is 17.2 Å². The Hall–Kier alpha value is -2.99. The van der Waals surface area contributed by atoms with Crippen molar-refractivity contribution in [1.82, 2.24) is 4.90 Å². The maximum absolute atomic E-state index is 12.8. The highest BCUT2D eigenvalue weighted by Crippen LogP contribution is 2.31. The molecule has 1 aliphatic rings. The van der Waals surface area contributed by atoms with Crippen molar-refractivity contribution in [2.75, 3.05) is 45.3 Å². The van der Waals surface area contributed by atoms with Gasteiger partial charge < -0.3 is 19.1 Å². The van der Waals surface area contributed by atoms with Crippen molar-refractivity contribution in [3.63, 3.8) is 0 Å². The summed E-state index contributed by atoms with van der Waals surface area (Å²) in [6.45, 7) is 7.18. The number of unbranched alkanes of at least 4 members (excludes halogenated alkanes) is 3. The van der Waals surface area contributed by atoms with Crippen LogP contribution in [0.15, 0.2) is 55.1 Å². The van der Waals surface area contributed by atoms with Crippen LogP contribution in [0.25, 0.3) is 0 Å². The number of amides is 1. The summed E-state index contributed by atoms with van der Waals surface area (Å²) in [6, 6.07) is 13.0. The van der Waals surface area contributed by atoms with Crippen LogP contribution in [-0.2, 0) is 6.42 Å². The first-order valence-corrected chi connectivity index (χ1v) is 11.8. The van der Waals surface area contributed by atoms with Crippen LogP contribution < -0.4 is 19.1 Å². The number of hydrogen-bond donors (Lipinski definition) is 0. The van der Waals surface area contributed by atoms with Crippen molar-refractivity contribution < 1.29 is 19.0 Å². The van der Waals surface area contributed by atoms with E-state index in [4.69, 9.17) is 14.2 Å². The molecule has 0 saturated carbocycles. The van der Waals surface area contributed by atoms with E-state index >= 15 is 0 Å². The molecule has 6 heteroatoms. The molecule has 0 radical (unpaired) electrons. The van der Waals surface area contributed by atoms with Gasteiger partial charge in [0, 0.05) is 13.1 Å². The lowest BCUT2D eigenvalue weighted by atomic mass is 10.0. The highest BCUT2D eigenvalue weighted by atomic mass is 16.6. The minimum Gasteiger partial charge on any atom is -0.497 e. The zero-order chi connectivity index (χ0) is 23.5. The molecule has 0 atom stereocenters. The summed E-state index contributed by atoms with van der Waals surface area (Å²) < 4.78 is 16.7. The molecule has 0 saturated heterocycles. The van der Waals surface area contributed by atoms with Crippen molar-refractivity contribution in [3.8, 4) is 17.2 Å². The largest absolute Gasteiger partial charge is 0.497 e. The number of anilines is 1. The van der Waals surface area contributed by atoms with E-state index in [1.54, 1.807) is 36.3 Å². The molecule has 0 unspecified atom stereocenters. The fourth-order valence-corrected chi connectivity index (χ4v) is 3.99. The monoisotopic (exact) mass is 452 g/mol. The third-order valence-corrected chi connectivity index (χ3v) is 5.80. The molecule has 33 heavy (non-hydrogen) atoms. The zero-order valence-corrected chi connectivity index (χ0v) is 19.9. The number of aryl methyl sites for hydroxylation is 1. The minimum atomic E-state index is -0.367. The summed E-state index contributed by atoms with van der Waals surface area (Å²) in [5.74, 6) is 2.09. The number of carbonyl (C=O) groups excluding carboxylic acids is 1. The van der Waals surface area contributed by atoms with Gasteiger partial charge in [-0.05, 0) is 87.3 Å². The van der Waals surface area contributed by atoms with Crippen LogP contribution >= 0.6 is 0 Å². The Morgan fingerprint density at radius 3 is 2.55 bits per heavy atom. The molecule has 178 valence electrons. The lowest BCUT2D eigenvalue weighted by Crippen LogP contribution is -2.37. The smallest absolute Gasteiger partial charge is 0.419 e.